The highest BCUT2D eigenvalue weighted by atomic mass is 32.2. The summed E-state index contributed by atoms with van der Waals surface area (Å²) in [5, 5.41) is -0.780. The number of nitrogens with two attached hydrogens (primary N) is 1. The van der Waals surface area contributed by atoms with Crippen molar-refractivity contribution in [2.24, 2.45) is 17.6 Å². The van der Waals surface area contributed by atoms with Crippen molar-refractivity contribution in [3.8, 4) is 0 Å². The van der Waals surface area contributed by atoms with E-state index < -0.39 is 15.3 Å². The zero-order chi connectivity index (χ0) is 13.4. The van der Waals surface area contributed by atoms with Crippen LogP contribution in [0.25, 0.3) is 0 Å². The molecule has 0 amide bonds. The van der Waals surface area contributed by atoms with Crippen molar-refractivity contribution in [1.29, 1.82) is 0 Å². The summed E-state index contributed by atoms with van der Waals surface area (Å²) in [4.78, 5) is 0.0445. The quantitative estimate of drug-likeness (QED) is 0.792. The van der Waals surface area contributed by atoms with Crippen LogP contribution in [0.5, 0.6) is 0 Å². The van der Waals surface area contributed by atoms with Crippen molar-refractivity contribution in [2.75, 3.05) is 6.54 Å². The minimum absolute atomic E-state index is 0.0213. The Bertz CT molecular complexity index is 394. The van der Waals surface area contributed by atoms with Gasteiger partial charge in [-0.05, 0) is 32.1 Å². The van der Waals surface area contributed by atoms with Gasteiger partial charge in [-0.25, -0.2) is 8.42 Å². The molecular formula is C11H22N2O2S2. The molecule has 0 aromatic heterocycles. The third-order valence-electron chi connectivity index (χ3n) is 3.72. The first-order valence-electron chi connectivity index (χ1n) is 5.97. The van der Waals surface area contributed by atoms with E-state index in [1.54, 1.807) is 11.2 Å². The van der Waals surface area contributed by atoms with Gasteiger partial charge < -0.3 is 5.73 Å². The number of hydrogen-bond donors (Lipinski definition) is 1. The van der Waals surface area contributed by atoms with Gasteiger partial charge in [-0.2, -0.15) is 4.31 Å². The van der Waals surface area contributed by atoms with Crippen LogP contribution < -0.4 is 5.73 Å². The molecule has 0 saturated carbocycles. The zero-order valence-corrected chi connectivity index (χ0v) is 12.5. The second kappa shape index (κ2) is 5.20. The molecule has 1 aliphatic rings. The zero-order valence-electron chi connectivity index (χ0n) is 10.9. The Morgan fingerprint density at radius 1 is 1.41 bits per heavy atom. The maximum absolute atomic E-state index is 12.4. The Balaban J connectivity index is 3.01. The van der Waals surface area contributed by atoms with Gasteiger partial charge in [0.2, 0.25) is 10.0 Å². The molecule has 4 unspecified atom stereocenters. The standard InChI is InChI=1S/C11H22N2O2S2/c1-7-5-8(2)9(3)13(6-7)17(14,15)10(4)11(12)16/h7-10H,5-6H2,1-4H3,(H2,12,16). The average Bonchev–Trinajstić information content (AvgIpc) is 2.21. The topological polar surface area (TPSA) is 63.4 Å². The second-order valence-corrected chi connectivity index (χ2v) is 7.90. The highest BCUT2D eigenvalue weighted by Gasteiger charge is 2.39. The van der Waals surface area contributed by atoms with Gasteiger partial charge in [0.25, 0.3) is 0 Å². The monoisotopic (exact) mass is 278 g/mol. The summed E-state index contributed by atoms with van der Waals surface area (Å²) in [5.74, 6) is 0.751. The van der Waals surface area contributed by atoms with Gasteiger partial charge in [0.1, 0.15) is 5.25 Å². The Labute approximate surface area is 110 Å². The molecule has 0 aromatic rings. The highest BCUT2D eigenvalue weighted by Crippen LogP contribution is 2.30. The van der Waals surface area contributed by atoms with Gasteiger partial charge in [-0.1, -0.05) is 26.1 Å². The van der Waals surface area contributed by atoms with Crippen molar-refractivity contribution in [3.63, 3.8) is 0 Å². The molecule has 1 rings (SSSR count). The van der Waals surface area contributed by atoms with Crippen LogP contribution in [-0.4, -0.2) is 35.5 Å². The average molecular weight is 278 g/mol. The summed E-state index contributed by atoms with van der Waals surface area (Å²) in [6, 6.07) is 0.0213. The normalized spacial score (nSPS) is 33.3. The van der Waals surface area contributed by atoms with Crippen molar-refractivity contribution < 1.29 is 8.42 Å². The summed E-state index contributed by atoms with van der Waals surface area (Å²) in [5.41, 5.74) is 5.47. The Hall–Kier alpha value is -0.200. The predicted molar refractivity (Wildman–Crippen MR) is 74.3 cm³/mol. The summed E-state index contributed by atoms with van der Waals surface area (Å²) < 4.78 is 26.4. The third-order valence-corrected chi connectivity index (χ3v) is 6.50. The summed E-state index contributed by atoms with van der Waals surface area (Å²) >= 11 is 4.81. The SMILES string of the molecule is CC1CC(C)C(C)N(S(=O)(=O)C(C)C(N)=S)C1. The van der Waals surface area contributed by atoms with E-state index in [4.69, 9.17) is 18.0 Å². The molecule has 17 heavy (non-hydrogen) atoms. The van der Waals surface area contributed by atoms with Gasteiger partial charge in [-0.15, -0.1) is 0 Å². The van der Waals surface area contributed by atoms with E-state index >= 15 is 0 Å². The van der Waals surface area contributed by atoms with E-state index in [9.17, 15) is 8.42 Å². The molecular weight excluding hydrogens is 256 g/mol. The van der Waals surface area contributed by atoms with E-state index in [0.29, 0.717) is 18.4 Å². The molecule has 1 heterocycles. The Morgan fingerprint density at radius 3 is 2.41 bits per heavy atom. The van der Waals surface area contributed by atoms with Crippen LogP contribution in [0.3, 0.4) is 0 Å². The number of thiocarbonyl (C=S) groups is 1. The molecule has 4 atom stereocenters. The molecule has 0 radical (unpaired) electrons. The molecule has 2 N–H and O–H groups in total. The fourth-order valence-corrected chi connectivity index (χ4v) is 4.55. The molecule has 1 fully saturated rings. The van der Waals surface area contributed by atoms with Crippen LogP contribution in [-0.2, 0) is 10.0 Å². The number of sulfonamides is 1. The lowest BCUT2D eigenvalue weighted by molar-refractivity contribution is 0.157. The molecule has 0 spiro atoms. The number of rotatable bonds is 3. The maximum atomic E-state index is 12.4. The van der Waals surface area contributed by atoms with E-state index in [-0.39, 0.29) is 11.0 Å². The van der Waals surface area contributed by atoms with Crippen LogP contribution in [0.4, 0.5) is 0 Å². The van der Waals surface area contributed by atoms with Crippen molar-refractivity contribution in [3.05, 3.63) is 0 Å². The number of piperidine rings is 1. The first kappa shape index (κ1) is 14.9. The maximum Gasteiger partial charge on any atom is 0.223 e. The minimum Gasteiger partial charge on any atom is -0.392 e. The third kappa shape index (κ3) is 2.98. The molecule has 6 heteroatoms. The largest absolute Gasteiger partial charge is 0.392 e. The molecule has 100 valence electrons. The molecule has 0 aliphatic carbocycles. The van der Waals surface area contributed by atoms with Gasteiger partial charge in [-0.3, -0.25) is 0 Å². The van der Waals surface area contributed by atoms with Crippen LogP contribution >= 0.6 is 12.2 Å². The van der Waals surface area contributed by atoms with E-state index in [1.165, 1.54) is 0 Å². The van der Waals surface area contributed by atoms with E-state index in [1.807, 2.05) is 6.92 Å². The molecule has 0 bridgehead atoms. The fraction of sp³-hybridized carbons (Fsp3) is 0.909. The smallest absolute Gasteiger partial charge is 0.223 e. The summed E-state index contributed by atoms with van der Waals surface area (Å²) in [6.07, 6.45) is 1.06. The Morgan fingerprint density at radius 2 is 1.94 bits per heavy atom. The summed E-state index contributed by atoms with van der Waals surface area (Å²) in [6.45, 7) is 8.26. The lowest BCUT2D eigenvalue weighted by Crippen LogP contribution is -2.53. The minimum atomic E-state index is -3.41. The van der Waals surface area contributed by atoms with Crippen molar-refractivity contribution in [2.45, 2.75) is 45.4 Å². The first-order chi connectivity index (χ1) is 7.67. The Kier molecular flexibility index (Phi) is 4.54. The van der Waals surface area contributed by atoms with Crippen LogP contribution in [0.1, 0.15) is 34.1 Å². The highest BCUT2D eigenvalue weighted by molar-refractivity contribution is 7.92. The van der Waals surface area contributed by atoms with Crippen molar-refractivity contribution in [1.82, 2.24) is 4.31 Å². The van der Waals surface area contributed by atoms with Crippen molar-refractivity contribution >= 4 is 27.2 Å². The number of hydrogen-bond acceptors (Lipinski definition) is 3. The molecule has 4 nitrogen and oxygen atoms in total. The lowest BCUT2D eigenvalue weighted by Gasteiger charge is -2.41. The van der Waals surface area contributed by atoms with E-state index in [2.05, 4.69) is 13.8 Å². The van der Waals surface area contributed by atoms with Crippen LogP contribution in [0, 0.1) is 11.8 Å². The van der Waals surface area contributed by atoms with Gasteiger partial charge in [0.05, 0.1) is 4.99 Å². The molecule has 0 aromatic carbocycles. The van der Waals surface area contributed by atoms with Gasteiger partial charge >= 0.3 is 0 Å². The number of nitrogens with zero attached hydrogens (tertiary/aromatic N) is 1. The van der Waals surface area contributed by atoms with Crippen LogP contribution in [0.2, 0.25) is 0 Å². The van der Waals surface area contributed by atoms with Gasteiger partial charge in [0.15, 0.2) is 0 Å². The van der Waals surface area contributed by atoms with E-state index in [0.717, 1.165) is 6.42 Å². The van der Waals surface area contributed by atoms with Gasteiger partial charge in [0, 0.05) is 12.6 Å². The summed E-state index contributed by atoms with van der Waals surface area (Å²) in [7, 11) is -3.41. The lowest BCUT2D eigenvalue weighted by atomic mass is 9.88. The van der Waals surface area contributed by atoms with Crippen LogP contribution in [0.15, 0.2) is 0 Å². The molecule has 1 aliphatic heterocycles. The first-order valence-corrected chi connectivity index (χ1v) is 7.89. The predicted octanol–water partition coefficient (Wildman–Crippen LogP) is 1.36. The second-order valence-electron chi connectivity index (χ2n) is 5.22. The molecule has 1 saturated heterocycles. The fourth-order valence-electron chi connectivity index (χ4n) is 2.35.